The Morgan fingerprint density at radius 2 is 1.96 bits per heavy atom. The predicted molar refractivity (Wildman–Crippen MR) is 99.9 cm³/mol. The monoisotopic (exact) mass is 389 g/mol. The third-order valence-corrected chi connectivity index (χ3v) is 4.74. The number of amides is 1. The third kappa shape index (κ3) is 4.12. The van der Waals surface area contributed by atoms with E-state index in [0.717, 1.165) is 0 Å². The van der Waals surface area contributed by atoms with Crippen molar-refractivity contribution < 1.29 is 28.9 Å². The highest BCUT2D eigenvalue weighted by Crippen LogP contribution is 2.37. The summed E-state index contributed by atoms with van der Waals surface area (Å²) in [4.78, 5) is 26.6. The second-order valence-corrected chi connectivity index (χ2v) is 6.62. The van der Waals surface area contributed by atoms with Gasteiger partial charge in [-0.15, -0.1) is 0 Å². The van der Waals surface area contributed by atoms with E-state index in [1.807, 2.05) is 0 Å². The minimum atomic E-state index is -0.725. The van der Waals surface area contributed by atoms with Gasteiger partial charge in [-0.05, 0) is 24.6 Å². The Labute approximate surface area is 161 Å². The Hall–Kier alpha value is -3.00. The van der Waals surface area contributed by atoms with Gasteiger partial charge in [-0.25, -0.2) is 0 Å². The largest absolute Gasteiger partial charge is 0.504 e. The van der Waals surface area contributed by atoms with Gasteiger partial charge in [-0.2, -0.15) is 0 Å². The maximum atomic E-state index is 12.8. The zero-order chi connectivity index (χ0) is 20.3. The number of ether oxygens (including phenoxy) is 2. The topological polar surface area (TPSA) is 109 Å². The van der Waals surface area contributed by atoms with Crippen molar-refractivity contribution in [1.29, 1.82) is 0 Å². The molecule has 0 saturated carbocycles. The molecule has 2 N–H and O–H groups in total. The number of benzene rings is 1. The van der Waals surface area contributed by atoms with Crippen molar-refractivity contribution in [3.63, 3.8) is 0 Å². The number of hydrogen-bond donors (Lipinski definition) is 2. The average Bonchev–Trinajstić information content (AvgIpc) is 2.70. The third-order valence-electron chi connectivity index (χ3n) is 4.74. The lowest BCUT2D eigenvalue weighted by molar-refractivity contribution is -0.135. The molecule has 3 rings (SSSR count). The minimum Gasteiger partial charge on any atom is -0.504 e. The van der Waals surface area contributed by atoms with Crippen LogP contribution in [0.15, 0.2) is 33.5 Å². The molecule has 0 aliphatic carbocycles. The number of phenolic OH excluding ortho intramolecular Hbond substituents is 1. The number of phenols is 1. The number of nitrogens with zero attached hydrogens (tertiary/aromatic N) is 1. The number of carbonyl (C=O) groups is 1. The molecule has 8 nitrogen and oxygen atoms in total. The maximum Gasteiger partial charge on any atom is 0.227 e. The molecule has 0 unspecified atom stereocenters. The van der Waals surface area contributed by atoms with E-state index in [1.165, 1.54) is 19.2 Å². The van der Waals surface area contributed by atoms with Crippen LogP contribution in [0.1, 0.15) is 29.4 Å². The molecule has 8 heteroatoms. The quantitative estimate of drug-likeness (QED) is 0.802. The van der Waals surface area contributed by atoms with Gasteiger partial charge < -0.3 is 29.0 Å². The lowest BCUT2D eigenvalue weighted by Crippen LogP contribution is -2.41. The first-order valence-electron chi connectivity index (χ1n) is 8.96. The number of carbonyl (C=O) groups excluding carboxylic acids is 1. The van der Waals surface area contributed by atoms with Crippen LogP contribution in [0.2, 0.25) is 0 Å². The molecular formula is C20H23NO7. The molecule has 1 aromatic carbocycles. The summed E-state index contributed by atoms with van der Waals surface area (Å²) in [5, 5.41) is 20.2. The van der Waals surface area contributed by atoms with Crippen LogP contribution in [-0.2, 0) is 9.53 Å². The van der Waals surface area contributed by atoms with Crippen molar-refractivity contribution in [1.82, 2.24) is 4.90 Å². The highest BCUT2D eigenvalue weighted by Gasteiger charge is 2.29. The summed E-state index contributed by atoms with van der Waals surface area (Å²) in [6, 6.07) is 5.80. The van der Waals surface area contributed by atoms with Gasteiger partial charge >= 0.3 is 0 Å². The van der Waals surface area contributed by atoms with E-state index >= 15 is 0 Å². The summed E-state index contributed by atoms with van der Waals surface area (Å²) in [6.07, 6.45) is -0.0200. The first kappa shape index (κ1) is 19.8. The molecule has 1 aliphatic rings. The number of morpholine rings is 1. The summed E-state index contributed by atoms with van der Waals surface area (Å²) < 4.78 is 16.1. The van der Waals surface area contributed by atoms with E-state index < -0.39 is 17.1 Å². The van der Waals surface area contributed by atoms with Crippen LogP contribution in [0.25, 0.3) is 0 Å². The molecular weight excluding hydrogens is 366 g/mol. The second kappa shape index (κ2) is 8.35. The van der Waals surface area contributed by atoms with Gasteiger partial charge in [0.05, 0.1) is 26.2 Å². The van der Waals surface area contributed by atoms with Crippen LogP contribution >= 0.6 is 0 Å². The van der Waals surface area contributed by atoms with Gasteiger partial charge in [0.15, 0.2) is 17.3 Å². The maximum absolute atomic E-state index is 12.8. The number of rotatable bonds is 5. The Balaban J connectivity index is 2.03. The summed E-state index contributed by atoms with van der Waals surface area (Å²) in [7, 11) is 1.41. The molecule has 1 fully saturated rings. The Morgan fingerprint density at radius 3 is 2.64 bits per heavy atom. The van der Waals surface area contributed by atoms with E-state index in [-0.39, 0.29) is 29.6 Å². The molecule has 2 aromatic rings. The van der Waals surface area contributed by atoms with Gasteiger partial charge in [0.1, 0.15) is 5.76 Å². The summed E-state index contributed by atoms with van der Waals surface area (Å²) in [5.41, 5.74) is -0.00590. The zero-order valence-corrected chi connectivity index (χ0v) is 15.8. The van der Waals surface area contributed by atoms with Crippen molar-refractivity contribution in [3.05, 3.63) is 51.6 Å². The molecule has 28 heavy (non-hydrogen) atoms. The van der Waals surface area contributed by atoms with Crippen molar-refractivity contribution >= 4 is 5.91 Å². The second-order valence-electron chi connectivity index (χ2n) is 6.62. The zero-order valence-electron chi connectivity index (χ0n) is 15.8. The highest BCUT2D eigenvalue weighted by atomic mass is 16.5. The van der Waals surface area contributed by atoms with E-state index in [1.54, 1.807) is 24.0 Å². The molecule has 1 aromatic heterocycles. The number of methoxy groups -OCH3 is 1. The fourth-order valence-corrected chi connectivity index (χ4v) is 3.25. The number of aromatic hydroxyl groups is 2. The molecule has 0 bridgehead atoms. The molecule has 0 radical (unpaired) electrons. The first-order chi connectivity index (χ1) is 13.4. The fraction of sp³-hybridized carbons (Fsp3) is 0.400. The van der Waals surface area contributed by atoms with Crippen LogP contribution in [0.4, 0.5) is 0 Å². The lowest BCUT2D eigenvalue weighted by Gasteiger charge is -2.28. The molecule has 1 saturated heterocycles. The van der Waals surface area contributed by atoms with Gasteiger partial charge in [0.25, 0.3) is 0 Å². The fourth-order valence-electron chi connectivity index (χ4n) is 3.25. The molecule has 1 atom stereocenters. The van der Waals surface area contributed by atoms with Crippen molar-refractivity contribution in [2.75, 3.05) is 33.4 Å². The molecule has 150 valence electrons. The molecule has 2 heterocycles. The standard InChI is InChI=1S/C20H23NO7/c1-12-9-16(23)19(25)20(28-12)14(11-18(24)21-5-7-27-8-6-21)13-3-4-15(22)17(10-13)26-2/h3-4,9-10,14,22,25H,5-8,11H2,1-2H3/t14-/m1/s1. The minimum absolute atomic E-state index is 0.0133. The van der Waals surface area contributed by atoms with Crippen molar-refractivity contribution in [3.8, 4) is 17.2 Å². The molecule has 0 spiro atoms. The summed E-state index contributed by atoms with van der Waals surface area (Å²) in [6.45, 7) is 3.49. The van der Waals surface area contributed by atoms with E-state index in [2.05, 4.69) is 0 Å². The smallest absolute Gasteiger partial charge is 0.227 e. The van der Waals surface area contributed by atoms with E-state index in [4.69, 9.17) is 13.9 Å². The van der Waals surface area contributed by atoms with E-state index in [9.17, 15) is 19.8 Å². The van der Waals surface area contributed by atoms with Gasteiger partial charge in [0.2, 0.25) is 17.1 Å². The van der Waals surface area contributed by atoms with Crippen LogP contribution in [0, 0.1) is 6.92 Å². The van der Waals surface area contributed by atoms with Crippen LogP contribution in [0.5, 0.6) is 17.2 Å². The first-order valence-corrected chi connectivity index (χ1v) is 8.96. The number of aryl methyl sites for hydroxylation is 1. The van der Waals surface area contributed by atoms with Crippen LogP contribution < -0.4 is 10.2 Å². The Bertz CT molecular complexity index is 915. The molecule has 1 aliphatic heterocycles. The number of hydrogen-bond acceptors (Lipinski definition) is 7. The van der Waals surface area contributed by atoms with E-state index in [0.29, 0.717) is 37.6 Å². The lowest BCUT2D eigenvalue weighted by atomic mass is 9.91. The molecule has 1 amide bonds. The normalized spacial score (nSPS) is 15.3. The van der Waals surface area contributed by atoms with Gasteiger partial charge in [-0.1, -0.05) is 6.07 Å². The summed E-state index contributed by atoms with van der Waals surface area (Å²) in [5.74, 6) is -0.902. The summed E-state index contributed by atoms with van der Waals surface area (Å²) >= 11 is 0. The predicted octanol–water partition coefficient (Wildman–Crippen LogP) is 1.75. The van der Waals surface area contributed by atoms with Gasteiger partial charge in [-0.3, -0.25) is 9.59 Å². The van der Waals surface area contributed by atoms with Crippen molar-refractivity contribution in [2.45, 2.75) is 19.3 Å². The Morgan fingerprint density at radius 1 is 1.25 bits per heavy atom. The average molecular weight is 389 g/mol. The SMILES string of the molecule is COc1cc([C@@H](CC(=O)N2CCOCC2)c2oc(C)cc(=O)c2O)ccc1O. The van der Waals surface area contributed by atoms with Crippen molar-refractivity contribution in [2.24, 2.45) is 0 Å². The van der Waals surface area contributed by atoms with Gasteiger partial charge in [0, 0.05) is 25.6 Å². The highest BCUT2D eigenvalue weighted by molar-refractivity contribution is 5.78. The van der Waals surface area contributed by atoms with Crippen LogP contribution in [0.3, 0.4) is 0 Å². The van der Waals surface area contributed by atoms with Crippen LogP contribution in [-0.4, -0.2) is 54.4 Å². The Kier molecular flexibility index (Phi) is 5.89.